The standard InChI is InChI=1S/C19H23NO2/c1-2-12-7-11-8-16-18(12)20(10-11)6-5-15-14-4-3-13(21)9-17(14)22-19(15)16/h3-4,9,11-12,16,18,21H,2,5-8,10H2,1H3. The van der Waals surface area contributed by atoms with Crippen LogP contribution in [0, 0.1) is 11.8 Å². The molecule has 0 radical (unpaired) electrons. The van der Waals surface area contributed by atoms with Gasteiger partial charge in [-0.3, -0.25) is 4.90 Å². The highest BCUT2D eigenvalue weighted by Gasteiger charge is 2.49. The Morgan fingerprint density at radius 3 is 3.09 bits per heavy atom. The minimum Gasteiger partial charge on any atom is -0.508 e. The molecule has 4 aliphatic rings. The molecule has 1 saturated carbocycles. The molecule has 5 unspecified atom stereocenters. The van der Waals surface area contributed by atoms with Crippen LogP contribution in [0.5, 0.6) is 5.75 Å². The molecule has 5 atom stereocenters. The second-order valence-electron chi connectivity index (χ2n) is 7.47. The summed E-state index contributed by atoms with van der Waals surface area (Å²) in [6, 6.07) is 6.27. The van der Waals surface area contributed by atoms with Crippen LogP contribution in [0.2, 0.25) is 0 Å². The average Bonchev–Trinajstić information content (AvgIpc) is 2.85. The smallest absolute Gasteiger partial charge is 0.138 e. The molecule has 22 heavy (non-hydrogen) atoms. The van der Waals surface area contributed by atoms with Crippen molar-refractivity contribution >= 4 is 11.0 Å². The fraction of sp³-hybridized carbons (Fsp3) is 0.579. The molecule has 0 spiro atoms. The number of rotatable bonds is 1. The normalized spacial score (nSPS) is 36.3. The fourth-order valence-electron chi connectivity index (χ4n) is 5.53. The molecule has 1 aromatic carbocycles. The number of hydrogen-bond donors (Lipinski definition) is 1. The van der Waals surface area contributed by atoms with Gasteiger partial charge in [-0.15, -0.1) is 0 Å². The summed E-state index contributed by atoms with van der Waals surface area (Å²) in [6.07, 6.45) is 5.06. The number of hydrogen-bond acceptors (Lipinski definition) is 3. The van der Waals surface area contributed by atoms with E-state index in [0.29, 0.717) is 17.7 Å². The maximum atomic E-state index is 9.74. The number of nitrogens with zero attached hydrogens (tertiary/aromatic N) is 1. The zero-order valence-corrected chi connectivity index (χ0v) is 13.1. The van der Waals surface area contributed by atoms with Crippen LogP contribution in [0.1, 0.15) is 43.4 Å². The van der Waals surface area contributed by atoms with Crippen molar-refractivity contribution in [3.63, 3.8) is 0 Å². The van der Waals surface area contributed by atoms with Crippen LogP contribution < -0.4 is 0 Å². The zero-order chi connectivity index (χ0) is 14.8. The minimum atomic E-state index is 0.301. The van der Waals surface area contributed by atoms with Gasteiger partial charge in [0.1, 0.15) is 17.1 Å². The Morgan fingerprint density at radius 2 is 2.23 bits per heavy atom. The van der Waals surface area contributed by atoms with E-state index >= 15 is 0 Å². The Morgan fingerprint density at radius 1 is 1.32 bits per heavy atom. The lowest BCUT2D eigenvalue weighted by Gasteiger charge is -2.52. The second kappa shape index (κ2) is 4.51. The van der Waals surface area contributed by atoms with Crippen LogP contribution >= 0.6 is 0 Å². The number of fused-ring (bicyclic) bond motifs is 4. The first-order valence-electron chi connectivity index (χ1n) is 8.73. The lowest BCUT2D eigenvalue weighted by atomic mass is 9.65. The predicted octanol–water partition coefficient (Wildman–Crippen LogP) is 3.90. The summed E-state index contributed by atoms with van der Waals surface area (Å²) in [5.41, 5.74) is 2.28. The Bertz CT molecular complexity index is 734. The third-order valence-corrected chi connectivity index (χ3v) is 6.35. The first kappa shape index (κ1) is 13.0. The number of phenolic OH excluding ortho intramolecular Hbond substituents is 1. The van der Waals surface area contributed by atoms with E-state index in [0.717, 1.165) is 30.4 Å². The molecule has 2 saturated heterocycles. The molecule has 2 aromatic rings. The topological polar surface area (TPSA) is 36.6 Å². The summed E-state index contributed by atoms with van der Waals surface area (Å²) in [7, 11) is 0. The van der Waals surface area contributed by atoms with Crippen molar-refractivity contribution in [1.82, 2.24) is 4.90 Å². The van der Waals surface area contributed by atoms with Gasteiger partial charge in [-0.1, -0.05) is 13.3 Å². The highest BCUT2D eigenvalue weighted by Crippen LogP contribution is 2.51. The Balaban J connectivity index is 1.68. The van der Waals surface area contributed by atoms with E-state index in [9.17, 15) is 5.11 Å². The van der Waals surface area contributed by atoms with Gasteiger partial charge < -0.3 is 9.52 Å². The van der Waals surface area contributed by atoms with Crippen molar-refractivity contribution in [3.05, 3.63) is 29.5 Å². The van der Waals surface area contributed by atoms with Crippen LogP contribution in [-0.2, 0) is 6.42 Å². The van der Waals surface area contributed by atoms with E-state index in [-0.39, 0.29) is 0 Å². The van der Waals surface area contributed by atoms with E-state index in [4.69, 9.17) is 4.42 Å². The lowest BCUT2D eigenvalue weighted by molar-refractivity contribution is -0.0169. The summed E-state index contributed by atoms with van der Waals surface area (Å²) >= 11 is 0. The van der Waals surface area contributed by atoms with Crippen LogP contribution in [0.15, 0.2) is 22.6 Å². The third kappa shape index (κ3) is 1.66. The summed E-state index contributed by atoms with van der Waals surface area (Å²) < 4.78 is 6.30. The Kier molecular flexibility index (Phi) is 2.67. The van der Waals surface area contributed by atoms with Crippen molar-refractivity contribution < 1.29 is 9.52 Å². The highest BCUT2D eigenvalue weighted by atomic mass is 16.3. The van der Waals surface area contributed by atoms with Crippen LogP contribution in [0.4, 0.5) is 0 Å². The molecular weight excluding hydrogens is 274 g/mol. The van der Waals surface area contributed by atoms with Crippen LogP contribution in [0.3, 0.4) is 0 Å². The van der Waals surface area contributed by atoms with E-state index in [1.54, 1.807) is 12.1 Å². The van der Waals surface area contributed by atoms with Gasteiger partial charge in [0.05, 0.1) is 0 Å². The highest BCUT2D eigenvalue weighted by molar-refractivity contribution is 5.84. The second-order valence-corrected chi connectivity index (χ2v) is 7.47. The summed E-state index contributed by atoms with van der Waals surface area (Å²) in [4.78, 5) is 2.75. The third-order valence-electron chi connectivity index (χ3n) is 6.35. The summed E-state index contributed by atoms with van der Waals surface area (Å²) in [5.74, 6) is 3.76. The summed E-state index contributed by atoms with van der Waals surface area (Å²) in [5, 5.41) is 11.0. The quantitative estimate of drug-likeness (QED) is 0.867. The Labute approximate surface area is 130 Å². The first-order chi connectivity index (χ1) is 10.7. The van der Waals surface area contributed by atoms with Crippen molar-refractivity contribution in [2.75, 3.05) is 13.1 Å². The van der Waals surface area contributed by atoms with Gasteiger partial charge in [0.25, 0.3) is 0 Å². The Hall–Kier alpha value is -1.48. The number of furan rings is 1. The molecule has 4 heterocycles. The molecule has 1 aromatic heterocycles. The van der Waals surface area contributed by atoms with Crippen molar-refractivity contribution in [2.24, 2.45) is 11.8 Å². The number of piperidine rings is 2. The first-order valence-corrected chi connectivity index (χ1v) is 8.73. The fourth-order valence-corrected chi connectivity index (χ4v) is 5.53. The molecule has 3 heteroatoms. The van der Waals surface area contributed by atoms with Crippen molar-refractivity contribution in [1.29, 1.82) is 0 Å². The number of aromatic hydroxyl groups is 1. The van der Waals surface area contributed by atoms with Gasteiger partial charge in [-0.25, -0.2) is 0 Å². The minimum absolute atomic E-state index is 0.301. The van der Waals surface area contributed by atoms with Gasteiger partial charge in [0.2, 0.25) is 0 Å². The zero-order valence-electron chi connectivity index (χ0n) is 13.1. The molecule has 1 N–H and O–H groups in total. The molecule has 1 aliphatic carbocycles. The summed E-state index contributed by atoms with van der Waals surface area (Å²) in [6.45, 7) is 4.80. The molecule has 116 valence electrons. The molecule has 3 aliphatic heterocycles. The predicted molar refractivity (Wildman–Crippen MR) is 86.2 cm³/mol. The number of benzene rings is 1. The molecule has 0 amide bonds. The SMILES string of the molecule is CCC1CC2CC3c4oc5cc(O)ccc5c4CCN(C2)C13. The monoisotopic (exact) mass is 297 g/mol. The molecule has 3 nitrogen and oxygen atoms in total. The van der Waals surface area contributed by atoms with Crippen LogP contribution in [0.25, 0.3) is 11.0 Å². The maximum absolute atomic E-state index is 9.74. The van der Waals surface area contributed by atoms with E-state index in [1.807, 2.05) is 6.07 Å². The van der Waals surface area contributed by atoms with E-state index in [2.05, 4.69) is 11.8 Å². The van der Waals surface area contributed by atoms with E-state index < -0.39 is 0 Å². The largest absolute Gasteiger partial charge is 0.508 e. The van der Waals surface area contributed by atoms with Crippen molar-refractivity contribution in [2.45, 2.75) is 44.6 Å². The molecular formula is C19H23NO2. The van der Waals surface area contributed by atoms with Crippen LogP contribution in [-0.4, -0.2) is 29.1 Å². The lowest BCUT2D eigenvalue weighted by Crippen LogP contribution is -2.56. The van der Waals surface area contributed by atoms with Gasteiger partial charge in [-0.05, 0) is 43.2 Å². The number of phenols is 1. The van der Waals surface area contributed by atoms with E-state index in [1.165, 1.54) is 42.5 Å². The van der Waals surface area contributed by atoms with Gasteiger partial charge in [-0.2, -0.15) is 0 Å². The molecule has 6 rings (SSSR count). The average molecular weight is 297 g/mol. The van der Waals surface area contributed by atoms with Crippen molar-refractivity contribution in [3.8, 4) is 5.75 Å². The molecule has 3 fully saturated rings. The molecule has 4 bridgehead atoms. The maximum Gasteiger partial charge on any atom is 0.138 e. The van der Waals surface area contributed by atoms with Gasteiger partial charge >= 0.3 is 0 Å². The van der Waals surface area contributed by atoms with Gasteiger partial charge in [0.15, 0.2) is 0 Å². The van der Waals surface area contributed by atoms with Gasteiger partial charge in [0, 0.05) is 42.1 Å².